The van der Waals surface area contributed by atoms with Gasteiger partial charge in [0.15, 0.2) is 0 Å². The molecule has 0 bridgehead atoms. The lowest BCUT2D eigenvalue weighted by atomic mass is 9.97. The van der Waals surface area contributed by atoms with Crippen LogP contribution in [-0.4, -0.2) is 36.6 Å². The molecular weight excluding hydrogens is 420 g/mol. The zero-order valence-electron chi connectivity index (χ0n) is 16.0. The number of anilines is 1. The Hall–Kier alpha value is -2.92. The van der Waals surface area contributed by atoms with Crippen LogP contribution in [-0.2, 0) is 14.8 Å². The van der Waals surface area contributed by atoms with Gasteiger partial charge in [0.1, 0.15) is 16.5 Å². The van der Waals surface area contributed by atoms with Gasteiger partial charge in [-0.1, -0.05) is 6.07 Å². The fourth-order valence-corrected chi connectivity index (χ4v) is 4.81. The van der Waals surface area contributed by atoms with E-state index in [-0.39, 0.29) is 37.5 Å². The molecule has 1 amide bonds. The second-order valence-electron chi connectivity index (χ2n) is 7.00. The highest BCUT2D eigenvalue weighted by atomic mass is 32.2. The van der Waals surface area contributed by atoms with Crippen LogP contribution in [0.1, 0.15) is 18.4 Å². The SMILES string of the molecule is Cc1ccc([N+](=O)[O-])cc1NC(=O)C1CCN(S(=O)(=O)c2cc(F)ccc2F)CC1. The number of piperidine rings is 1. The lowest BCUT2D eigenvalue weighted by Crippen LogP contribution is -2.41. The molecule has 1 saturated heterocycles. The van der Waals surface area contributed by atoms with Crippen LogP contribution >= 0.6 is 0 Å². The van der Waals surface area contributed by atoms with Gasteiger partial charge in [-0.15, -0.1) is 0 Å². The van der Waals surface area contributed by atoms with E-state index in [9.17, 15) is 32.1 Å². The molecule has 0 saturated carbocycles. The molecule has 2 aromatic rings. The van der Waals surface area contributed by atoms with Gasteiger partial charge in [0.05, 0.1) is 10.6 Å². The summed E-state index contributed by atoms with van der Waals surface area (Å²) in [6.45, 7) is 1.62. The molecule has 0 atom stereocenters. The number of carbonyl (C=O) groups is 1. The molecule has 0 aliphatic carbocycles. The lowest BCUT2D eigenvalue weighted by Gasteiger charge is -2.30. The quantitative estimate of drug-likeness (QED) is 0.568. The van der Waals surface area contributed by atoms with Crippen molar-refractivity contribution >= 4 is 27.3 Å². The van der Waals surface area contributed by atoms with E-state index in [4.69, 9.17) is 0 Å². The molecule has 3 rings (SSSR count). The van der Waals surface area contributed by atoms with Crippen molar-refractivity contribution in [2.75, 3.05) is 18.4 Å². The number of nitro benzene ring substituents is 1. The van der Waals surface area contributed by atoms with Gasteiger partial charge in [-0.2, -0.15) is 4.31 Å². The van der Waals surface area contributed by atoms with Crippen LogP contribution in [0, 0.1) is 34.6 Å². The first kappa shape index (κ1) is 21.8. The molecule has 30 heavy (non-hydrogen) atoms. The maximum Gasteiger partial charge on any atom is 0.271 e. The molecule has 0 radical (unpaired) electrons. The molecule has 1 aliphatic rings. The largest absolute Gasteiger partial charge is 0.325 e. The van der Waals surface area contributed by atoms with Crippen molar-refractivity contribution in [2.45, 2.75) is 24.7 Å². The summed E-state index contributed by atoms with van der Waals surface area (Å²) in [4.78, 5) is 22.2. The number of rotatable bonds is 5. The standard InChI is InChI=1S/C19H19F2N3O5S/c1-12-2-4-15(24(26)27)11-17(12)22-19(25)13-6-8-23(9-7-13)30(28,29)18-10-14(20)3-5-16(18)21/h2-5,10-11,13H,6-9H2,1H3,(H,22,25). The predicted octanol–water partition coefficient (Wildman–Crippen LogP) is 3.22. The number of carbonyl (C=O) groups excluding carboxylic acids is 1. The van der Waals surface area contributed by atoms with E-state index in [0.717, 1.165) is 16.4 Å². The maximum absolute atomic E-state index is 13.9. The molecule has 1 N–H and O–H groups in total. The van der Waals surface area contributed by atoms with Gasteiger partial charge in [-0.25, -0.2) is 17.2 Å². The third-order valence-electron chi connectivity index (χ3n) is 5.03. The Kier molecular flexibility index (Phi) is 6.13. The van der Waals surface area contributed by atoms with Crippen molar-refractivity contribution in [1.29, 1.82) is 0 Å². The average molecular weight is 439 g/mol. The van der Waals surface area contributed by atoms with Crippen LogP contribution in [0.3, 0.4) is 0 Å². The monoisotopic (exact) mass is 439 g/mol. The molecule has 1 fully saturated rings. The van der Waals surface area contributed by atoms with Gasteiger partial charge in [0.25, 0.3) is 5.69 Å². The fourth-order valence-electron chi connectivity index (χ4n) is 3.27. The van der Waals surface area contributed by atoms with E-state index in [1.54, 1.807) is 6.92 Å². The molecular formula is C19H19F2N3O5S. The van der Waals surface area contributed by atoms with Crippen molar-refractivity contribution in [1.82, 2.24) is 4.31 Å². The molecule has 1 heterocycles. The number of nitrogens with one attached hydrogen (secondary N) is 1. The number of hydrogen-bond donors (Lipinski definition) is 1. The van der Waals surface area contributed by atoms with Crippen LogP contribution in [0.2, 0.25) is 0 Å². The molecule has 0 spiro atoms. The fraction of sp³-hybridized carbons (Fsp3) is 0.316. The predicted molar refractivity (Wildman–Crippen MR) is 104 cm³/mol. The zero-order chi connectivity index (χ0) is 22.1. The summed E-state index contributed by atoms with van der Waals surface area (Å²) in [5.41, 5.74) is 0.801. The van der Waals surface area contributed by atoms with Crippen molar-refractivity contribution in [3.63, 3.8) is 0 Å². The Labute approximate surface area is 171 Å². The second kappa shape index (κ2) is 8.44. The van der Waals surface area contributed by atoms with Gasteiger partial charge in [0.2, 0.25) is 15.9 Å². The van der Waals surface area contributed by atoms with E-state index in [1.165, 1.54) is 18.2 Å². The summed E-state index contributed by atoms with van der Waals surface area (Å²) < 4.78 is 53.6. The van der Waals surface area contributed by atoms with E-state index >= 15 is 0 Å². The molecule has 1 aliphatic heterocycles. The van der Waals surface area contributed by atoms with Crippen molar-refractivity contribution in [2.24, 2.45) is 5.92 Å². The molecule has 160 valence electrons. The van der Waals surface area contributed by atoms with Crippen molar-refractivity contribution in [3.05, 3.63) is 63.7 Å². The highest BCUT2D eigenvalue weighted by Gasteiger charge is 2.34. The number of nitrogens with zero attached hydrogens (tertiary/aromatic N) is 2. The molecule has 8 nitrogen and oxygen atoms in total. The summed E-state index contributed by atoms with van der Waals surface area (Å²) in [6.07, 6.45) is 0.353. The van der Waals surface area contributed by atoms with Gasteiger partial charge >= 0.3 is 0 Å². The summed E-state index contributed by atoms with van der Waals surface area (Å²) in [7, 11) is -4.23. The van der Waals surface area contributed by atoms with Crippen LogP contribution < -0.4 is 5.32 Å². The van der Waals surface area contributed by atoms with E-state index in [2.05, 4.69) is 5.32 Å². The lowest BCUT2D eigenvalue weighted by molar-refractivity contribution is -0.384. The van der Waals surface area contributed by atoms with Crippen LogP contribution in [0.5, 0.6) is 0 Å². The summed E-state index contributed by atoms with van der Waals surface area (Å²) in [6, 6.07) is 6.34. The van der Waals surface area contributed by atoms with E-state index in [1.807, 2.05) is 0 Å². The van der Waals surface area contributed by atoms with Crippen LogP contribution in [0.4, 0.5) is 20.2 Å². The molecule has 0 unspecified atom stereocenters. The van der Waals surface area contributed by atoms with E-state index in [0.29, 0.717) is 17.3 Å². The van der Waals surface area contributed by atoms with Gasteiger partial charge in [-0.3, -0.25) is 14.9 Å². The third-order valence-corrected chi connectivity index (χ3v) is 6.94. The highest BCUT2D eigenvalue weighted by molar-refractivity contribution is 7.89. The summed E-state index contributed by atoms with van der Waals surface area (Å²) in [5, 5.41) is 13.6. The minimum atomic E-state index is -4.23. The topological polar surface area (TPSA) is 110 Å². The summed E-state index contributed by atoms with van der Waals surface area (Å²) in [5.74, 6) is -2.81. The number of hydrogen-bond acceptors (Lipinski definition) is 5. The average Bonchev–Trinajstić information content (AvgIpc) is 2.71. The second-order valence-corrected chi connectivity index (χ2v) is 8.91. The highest BCUT2D eigenvalue weighted by Crippen LogP contribution is 2.28. The Morgan fingerprint density at radius 1 is 1.17 bits per heavy atom. The molecule has 11 heteroatoms. The summed E-state index contributed by atoms with van der Waals surface area (Å²) >= 11 is 0. The molecule has 2 aromatic carbocycles. The van der Waals surface area contributed by atoms with Gasteiger partial charge < -0.3 is 5.32 Å². The number of non-ortho nitro benzene ring substituents is 1. The third kappa shape index (κ3) is 4.46. The normalized spacial score (nSPS) is 15.7. The van der Waals surface area contributed by atoms with Gasteiger partial charge in [-0.05, 0) is 43.5 Å². The maximum atomic E-state index is 13.9. The number of halogens is 2. The number of benzene rings is 2. The molecule has 0 aromatic heterocycles. The van der Waals surface area contributed by atoms with Crippen molar-refractivity contribution < 1.29 is 26.9 Å². The first-order valence-electron chi connectivity index (χ1n) is 9.10. The number of sulfonamides is 1. The Morgan fingerprint density at radius 2 is 1.83 bits per heavy atom. The first-order chi connectivity index (χ1) is 14.1. The van der Waals surface area contributed by atoms with Crippen molar-refractivity contribution in [3.8, 4) is 0 Å². The number of amides is 1. The zero-order valence-corrected chi connectivity index (χ0v) is 16.8. The van der Waals surface area contributed by atoms with Crippen LogP contribution in [0.15, 0.2) is 41.3 Å². The smallest absolute Gasteiger partial charge is 0.271 e. The van der Waals surface area contributed by atoms with E-state index < -0.39 is 37.4 Å². The first-order valence-corrected chi connectivity index (χ1v) is 10.5. The Bertz CT molecular complexity index is 1100. The Balaban J connectivity index is 1.68. The Morgan fingerprint density at radius 3 is 2.47 bits per heavy atom. The minimum Gasteiger partial charge on any atom is -0.325 e. The minimum absolute atomic E-state index is 0.0374. The number of aryl methyl sites for hydroxylation is 1. The van der Waals surface area contributed by atoms with Gasteiger partial charge in [0, 0.05) is 31.1 Å². The van der Waals surface area contributed by atoms with Crippen LogP contribution in [0.25, 0.3) is 0 Å². The number of nitro groups is 1.